The zero-order valence-electron chi connectivity index (χ0n) is 13.3. The van der Waals surface area contributed by atoms with Crippen molar-refractivity contribution in [2.75, 3.05) is 14.2 Å². The van der Waals surface area contributed by atoms with E-state index < -0.39 is 11.9 Å². The summed E-state index contributed by atoms with van der Waals surface area (Å²) >= 11 is 0. The molecule has 0 fully saturated rings. The van der Waals surface area contributed by atoms with E-state index in [1.807, 2.05) is 12.1 Å². The van der Waals surface area contributed by atoms with Crippen molar-refractivity contribution in [3.63, 3.8) is 0 Å². The largest absolute Gasteiger partial charge is 0.497 e. The maximum Gasteiger partial charge on any atom is 0.128 e. The lowest BCUT2D eigenvalue weighted by atomic mass is 9.90. The van der Waals surface area contributed by atoms with Gasteiger partial charge in [0.15, 0.2) is 0 Å². The molecular formula is C19H21FO3. The summed E-state index contributed by atoms with van der Waals surface area (Å²) in [5, 5.41) is 10.4. The monoisotopic (exact) mass is 316 g/mol. The van der Waals surface area contributed by atoms with Crippen LogP contribution in [-0.4, -0.2) is 19.3 Å². The minimum Gasteiger partial charge on any atom is -0.497 e. The molecule has 2 aromatic rings. The molecule has 0 aliphatic carbocycles. The number of methoxy groups -OCH3 is 2. The molecule has 0 aliphatic rings. The smallest absolute Gasteiger partial charge is 0.128 e. The van der Waals surface area contributed by atoms with Crippen molar-refractivity contribution in [3.05, 3.63) is 72.1 Å². The lowest BCUT2D eigenvalue weighted by molar-refractivity contribution is 0.158. The van der Waals surface area contributed by atoms with Crippen LogP contribution in [0.3, 0.4) is 0 Å². The maximum atomic E-state index is 13.8. The van der Waals surface area contributed by atoms with Crippen molar-refractivity contribution in [1.29, 1.82) is 0 Å². The topological polar surface area (TPSA) is 38.7 Å². The fourth-order valence-electron chi connectivity index (χ4n) is 2.52. The molecule has 4 heteroatoms. The highest BCUT2D eigenvalue weighted by Crippen LogP contribution is 2.34. The van der Waals surface area contributed by atoms with Gasteiger partial charge >= 0.3 is 0 Å². The summed E-state index contributed by atoms with van der Waals surface area (Å²) in [7, 11) is 3.16. The Hall–Kier alpha value is -2.33. The van der Waals surface area contributed by atoms with Gasteiger partial charge in [-0.25, -0.2) is 4.39 Å². The molecule has 0 heterocycles. The number of rotatable bonds is 7. The predicted octanol–water partition coefficient (Wildman–Crippen LogP) is 4.24. The van der Waals surface area contributed by atoms with Gasteiger partial charge in [0.1, 0.15) is 17.3 Å². The van der Waals surface area contributed by atoms with Crippen LogP contribution >= 0.6 is 0 Å². The summed E-state index contributed by atoms with van der Waals surface area (Å²) in [5.74, 6) is 0.748. The highest BCUT2D eigenvalue weighted by Gasteiger charge is 2.19. The number of ether oxygens (including phenoxy) is 2. The van der Waals surface area contributed by atoms with Gasteiger partial charge in [-0.05, 0) is 30.2 Å². The Labute approximate surface area is 136 Å². The van der Waals surface area contributed by atoms with E-state index in [0.29, 0.717) is 17.9 Å². The summed E-state index contributed by atoms with van der Waals surface area (Å²) in [6, 6.07) is 11.7. The molecular weight excluding hydrogens is 295 g/mol. The van der Waals surface area contributed by atoms with E-state index in [1.165, 1.54) is 6.07 Å². The Morgan fingerprint density at radius 2 is 1.74 bits per heavy atom. The van der Waals surface area contributed by atoms with E-state index in [0.717, 1.165) is 5.56 Å². The molecule has 23 heavy (non-hydrogen) atoms. The van der Waals surface area contributed by atoms with Crippen molar-refractivity contribution >= 4 is 0 Å². The lowest BCUT2D eigenvalue weighted by Crippen LogP contribution is -2.06. The average Bonchev–Trinajstić information content (AvgIpc) is 2.59. The standard InChI is InChI=1S/C19H21FO3/c1-4-13(11-19(21)17-7-5-6-8-18(17)20)14-9-15(22-2)12-16(10-14)23-3/h4-10,12-13,19,21H,1,11H2,2-3H3. The summed E-state index contributed by atoms with van der Waals surface area (Å²) < 4.78 is 24.3. The van der Waals surface area contributed by atoms with Crippen LogP contribution in [0.25, 0.3) is 0 Å². The molecule has 2 aromatic carbocycles. The minimum absolute atomic E-state index is 0.159. The van der Waals surface area contributed by atoms with E-state index in [4.69, 9.17) is 9.47 Å². The van der Waals surface area contributed by atoms with E-state index in [1.54, 1.807) is 44.6 Å². The van der Waals surface area contributed by atoms with Crippen molar-refractivity contribution < 1.29 is 19.0 Å². The Morgan fingerprint density at radius 3 is 2.26 bits per heavy atom. The van der Waals surface area contributed by atoms with Crippen molar-refractivity contribution in [2.45, 2.75) is 18.4 Å². The summed E-state index contributed by atoms with van der Waals surface area (Å²) in [6.07, 6.45) is 1.13. The number of benzene rings is 2. The normalized spacial score (nSPS) is 13.2. The molecule has 0 aromatic heterocycles. The minimum atomic E-state index is -0.920. The molecule has 0 saturated carbocycles. The Kier molecular flexibility index (Phi) is 5.77. The number of aliphatic hydroxyl groups excluding tert-OH is 1. The van der Waals surface area contributed by atoms with Crippen LogP contribution < -0.4 is 9.47 Å². The highest BCUT2D eigenvalue weighted by molar-refractivity contribution is 5.41. The Balaban J connectivity index is 2.26. The first kappa shape index (κ1) is 17.0. The van der Waals surface area contributed by atoms with Gasteiger partial charge in [-0.1, -0.05) is 24.3 Å². The number of halogens is 1. The van der Waals surface area contributed by atoms with Gasteiger partial charge in [0.25, 0.3) is 0 Å². The second kappa shape index (κ2) is 7.79. The number of hydrogen-bond donors (Lipinski definition) is 1. The van der Waals surface area contributed by atoms with Crippen LogP contribution in [0.4, 0.5) is 4.39 Å². The van der Waals surface area contributed by atoms with Gasteiger partial charge in [0, 0.05) is 17.5 Å². The molecule has 2 unspecified atom stereocenters. The summed E-state index contributed by atoms with van der Waals surface area (Å²) in [5.41, 5.74) is 1.18. The van der Waals surface area contributed by atoms with E-state index >= 15 is 0 Å². The van der Waals surface area contributed by atoms with Crippen LogP contribution in [0.5, 0.6) is 11.5 Å². The van der Waals surface area contributed by atoms with Gasteiger partial charge in [-0.3, -0.25) is 0 Å². The van der Waals surface area contributed by atoms with E-state index in [9.17, 15) is 9.50 Å². The zero-order valence-corrected chi connectivity index (χ0v) is 13.3. The third-order valence-corrected chi connectivity index (χ3v) is 3.83. The first-order valence-corrected chi connectivity index (χ1v) is 7.37. The Morgan fingerprint density at radius 1 is 1.13 bits per heavy atom. The fraction of sp³-hybridized carbons (Fsp3) is 0.263. The molecule has 3 nitrogen and oxygen atoms in total. The van der Waals surface area contributed by atoms with E-state index in [2.05, 4.69) is 6.58 Å². The van der Waals surface area contributed by atoms with Crippen LogP contribution in [0, 0.1) is 5.82 Å². The molecule has 0 spiro atoms. The molecule has 122 valence electrons. The second-order valence-corrected chi connectivity index (χ2v) is 5.26. The molecule has 0 saturated heterocycles. The highest BCUT2D eigenvalue weighted by atomic mass is 19.1. The lowest BCUT2D eigenvalue weighted by Gasteiger charge is -2.19. The molecule has 1 N–H and O–H groups in total. The zero-order chi connectivity index (χ0) is 16.8. The SMILES string of the molecule is C=CC(CC(O)c1ccccc1F)c1cc(OC)cc(OC)c1. The molecule has 0 radical (unpaired) electrons. The van der Waals surface area contributed by atoms with Crippen molar-refractivity contribution in [1.82, 2.24) is 0 Å². The Bertz CT molecular complexity index is 647. The van der Waals surface area contributed by atoms with Gasteiger partial charge in [0.2, 0.25) is 0 Å². The second-order valence-electron chi connectivity index (χ2n) is 5.26. The van der Waals surface area contributed by atoms with Crippen LogP contribution in [-0.2, 0) is 0 Å². The molecule has 0 amide bonds. The maximum absolute atomic E-state index is 13.8. The van der Waals surface area contributed by atoms with Crippen LogP contribution in [0.15, 0.2) is 55.1 Å². The number of hydrogen-bond acceptors (Lipinski definition) is 3. The third kappa shape index (κ3) is 4.11. The van der Waals surface area contributed by atoms with E-state index in [-0.39, 0.29) is 11.5 Å². The predicted molar refractivity (Wildman–Crippen MR) is 88.5 cm³/mol. The molecule has 2 atom stereocenters. The van der Waals surface area contributed by atoms with Gasteiger partial charge in [0.05, 0.1) is 20.3 Å². The molecule has 2 rings (SSSR count). The van der Waals surface area contributed by atoms with Gasteiger partial charge in [-0.2, -0.15) is 0 Å². The van der Waals surface area contributed by atoms with Crippen molar-refractivity contribution in [3.8, 4) is 11.5 Å². The number of aliphatic hydroxyl groups is 1. The quantitative estimate of drug-likeness (QED) is 0.777. The first-order valence-electron chi connectivity index (χ1n) is 7.37. The summed E-state index contributed by atoms with van der Waals surface area (Å²) in [4.78, 5) is 0. The fourth-order valence-corrected chi connectivity index (χ4v) is 2.52. The third-order valence-electron chi connectivity index (χ3n) is 3.83. The molecule has 0 bridgehead atoms. The molecule has 0 aliphatic heterocycles. The van der Waals surface area contributed by atoms with Gasteiger partial charge in [-0.15, -0.1) is 6.58 Å². The van der Waals surface area contributed by atoms with Crippen molar-refractivity contribution in [2.24, 2.45) is 0 Å². The summed E-state index contributed by atoms with van der Waals surface area (Å²) in [6.45, 7) is 3.83. The van der Waals surface area contributed by atoms with Crippen LogP contribution in [0.1, 0.15) is 29.6 Å². The first-order chi connectivity index (χ1) is 11.1. The number of allylic oxidation sites excluding steroid dienone is 1. The average molecular weight is 316 g/mol. The van der Waals surface area contributed by atoms with Gasteiger partial charge < -0.3 is 14.6 Å². The van der Waals surface area contributed by atoms with Crippen LogP contribution in [0.2, 0.25) is 0 Å².